The van der Waals surface area contributed by atoms with Gasteiger partial charge in [-0.25, -0.2) is 0 Å². The van der Waals surface area contributed by atoms with Crippen LogP contribution >= 0.6 is 0 Å². The number of H-pyrrole nitrogens is 1. The third-order valence-corrected chi connectivity index (χ3v) is 4.31. The lowest BCUT2D eigenvalue weighted by Crippen LogP contribution is -2.37. The Kier molecular flexibility index (Phi) is 5.13. The smallest absolute Gasteiger partial charge is 0.270 e. The van der Waals surface area contributed by atoms with Crippen LogP contribution in [0, 0.1) is 0 Å². The van der Waals surface area contributed by atoms with E-state index in [4.69, 9.17) is 4.74 Å². The van der Waals surface area contributed by atoms with E-state index < -0.39 is 0 Å². The zero-order valence-electron chi connectivity index (χ0n) is 13.6. The van der Waals surface area contributed by atoms with Crippen LogP contribution in [0.1, 0.15) is 41.5 Å². The zero-order valence-corrected chi connectivity index (χ0v) is 13.6. The highest BCUT2D eigenvalue weighted by molar-refractivity contribution is 5.92. The maximum Gasteiger partial charge on any atom is 0.270 e. The number of carbonyl (C=O) groups excluding carboxylic acids is 1. The monoisotopic (exact) mass is 312 g/mol. The van der Waals surface area contributed by atoms with E-state index in [9.17, 15) is 4.79 Å². The van der Waals surface area contributed by atoms with Gasteiger partial charge < -0.3 is 14.6 Å². The fourth-order valence-corrected chi connectivity index (χ4v) is 3.00. The first-order valence-electron chi connectivity index (χ1n) is 8.39. The first-order valence-corrected chi connectivity index (χ1v) is 8.39. The molecule has 0 saturated carbocycles. The number of amides is 1. The molecule has 4 nitrogen and oxygen atoms in total. The molecule has 122 valence electrons. The van der Waals surface area contributed by atoms with Gasteiger partial charge in [0.2, 0.25) is 0 Å². The summed E-state index contributed by atoms with van der Waals surface area (Å²) in [5.41, 5.74) is 2.89. The third-order valence-electron chi connectivity index (χ3n) is 4.31. The highest BCUT2D eigenvalue weighted by Crippen LogP contribution is 2.17. The van der Waals surface area contributed by atoms with Crippen molar-refractivity contribution in [1.82, 2.24) is 9.88 Å². The molecule has 1 fully saturated rings. The van der Waals surface area contributed by atoms with Crippen LogP contribution in [-0.4, -0.2) is 35.0 Å². The second-order valence-corrected chi connectivity index (χ2v) is 6.06. The van der Waals surface area contributed by atoms with Crippen LogP contribution in [0.5, 0.6) is 0 Å². The fraction of sp³-hybridized carbons (Fsp3) is 0.421. The highest BCUT2D eigenvalue weighted by atomic mass is 16.5. The molecule has 0 aliphatic carbocycles. The van der Waals surface area contributed by atoms with Crippen LogP contribution in [0.2, 0.25) is 0 Å². The Labute approximate surface area is 137 Å². The van der Waals surface area contributed by atoms with E-state index in [0.717, 1.165) is 37.1 Å². The second kappa shape index (κ2) is 7.47. The zero-order chi connectivity index (χ0) is 16.1. The molecule has 4 heteroatoms. The minimum atomic E-state index is 0.0454. The molecule has 1 atom stereocenters. The van der Waals surface area contributed by atoms with Crippen molar-refractivity contribution in [1.29, 1.82) is 0 Å². The molecule has 1 aliphatic rings. The number of aryl methyl sites for hydroxylation is 1. The van der Waals surface area contributed by atoms with Gasteiger partial charge in [-0.05, 0) is 37.0 Å². The summed E-state index contributed by atoms with van der Waals surface area (Å²) < 4.78 is 5.73. The molecule has 0 radical (unpaired) electrons. The van der Waals surface area contributed by atoms with Crippen LogP contribution < -0.4 is 0 Å². The van der Waals surface area contributed by atoms with E-state index in [1.165, 1.54) is 0 Å². The Bertz CT molecular complexity index is 630. The van der Waals surface area contributed by atoms with Crippen LogP contribution in [-0.2, 0) is 17.7 Å². The molecular formula is C19H24N2O2. The van der Waals surface area contributed by atoms with Gasteiger partial charge in [-0.2, -0.15) is 0 Å². The van der Waals surface area contributed by atoms with Gasteiger partial charge in [0.15, 0.2) is 0 Å². The van der Waals surface area contributed by atoms with Crippen LogP contribution in [0.15, 0.2) is 42.5 Å². The molecule has 3 rings (SSSR count). The summed E-state index contributed by atoms with van der Waals surface area (Å²) >= 11 is 0. The summed E-state index contributed by atoms with van der Waals surface area (Å²) in [6.45, 7) is 4.14. The van der Waals surface area contributed by atoms with Gasteiger partial charge in [-0.15, -0.1) is 0 Å². The average molecular weight is 312 g/mol. The molecular weight excluding hydrogens is 288 g/mol. The SMILES string of the molecule is CCc1ccc(C(=O)N(Cc2ccccc2)C[C@@H]2CCCO2)[nH]1. The summed E-state index contributed by atoms with van der Waals surface area (Å²) in [6, 6.07) is 14.0. The summed E-state index contributed by atoms with van der Waals surface area (Å²) in [4.78, 5) is 18.0. The number of ether oxygens (including phenoxy) is 1. The predicted molar refractivity (Wildman–Crippen MR) is 90.3 cm³/mol. The van der Waals surface area contributed by atoms with Crippen LogP contribution in [0.4, 0.5) is 0 Å². The quantitative estimate of drug-likeness (QED) is 0.888. The number of rotatable bonds is 6. The Hall–Kier alpha value is -2.07. The van der Waals surface area contributed by atoms with Crippen LogP contribution in [0.3, 0.4) is 0 Å². The van der Waals surface area contributed by atoms with E-state index in [2.05, 4.69) is 24.0 Å². The van der Waals surface area contributed by atoms with E-state index in [1.54, 1.807) is 0 Å². The van der Waals surface area contributed by atoms with Crippen molar-refractivity contribution in [3.63, 3.8) is 0 Å². The Morgan fingerprint density at radius 3 is 2.74 bits per heavy atom. The maximum absolute atomic E-state index is 12.9. The standard InChI is InChI=1S/C19H24N2O2/c1-2-16-10-11-18(20-16)19(22)21(14-17-9-6-12-23-17)13-15-7-4-3-5-8-15/h3-5,7-8,10-11,17,20H,2,6,9,12-14H2,1H3/t17-/m0/s1. The molecule has 23 heavy (non-hydrogen) atoms. The molecule has 1 amide bonds. The van der Waals surface area contributed by atoms with Crippen molar-refractivity contribution in [3.8, 4) is 0 Å². The Balaban J connectivity index is 1.76. The number of hydrogen-bond acceptors (Lipinski definition) is 2. The third kappa shape index (κ3) is 4.02. The van der Waals surface area contributed by atoms with Gasteiger partial charge in [0.1, 0.15) is 5.69 Å². The van der Waals surface area contributed by atoms with Crippen molar-refractivity contribution in [2.45, 2.75) is 38.8 Å². The molecule has 1 aromatic heterocycles. The molecule has 1 aromatic carbocycles. The lowest BCUT2D eigenvalue weighted by Gasteiger charge is -2.25. The summed E-state index contributed by atoms with van der Waals surface area (Å²) in [6.07, 6.45) is 3.17. The average Bonchev–Trinajstić information content (AvgIpc) is 3.26. The number of hydrogen-bond donors (Lipinski definition) is 1. The topological polar surface area (TPSA) is 45.3 Å². The molecule has 2 heterocycles. The number of nitrogens with one attached hydrogen (secondary N) is 1. The minimum absolute atomic E-state index is 0.0454. The fourth-order valence-electron chi connectivity index (χ4n) is 3.00. The Morgan fingerprint density at radius 1 is 1.26 bits per heavy atom. The summed E-state index contributed by atoms with van der Waals surface area (Å²) in [7, 11) is 0. The lowest BCUT2D eigenvalue weighted by molar-refractivity contribution is 0.0503. The highest BCUT2D eigenvalue weighted by Gasteiger charge is 2.24. The lowest BCUT2D eigenvalue weighted by atomic mass is 10.1. The summed E-state index contributed by atoms with van der Waals surface area (Å²) in [5, 5.41) is 0. The molecule has 0 spiro atoms. The first-order chi connectivity index (χ1) is 11.3. The molecule has 0 unspecified atom stereocenters. The van der Waals surface area contributed by atoms with E-state index in [1.807, 2.05) is 35.2 Å². The first kappa shape index (κ1) is 15.8. The van der Waals surface area contributed by atoms with Crippen molar-refractivity contribution in [2.24, 2.45) is 0 Å². The number of carbonyl (C=O) groups is 1. The second-order valence-electron chi connectivity index (χ2n) is 6.06. The largest absolute Gasteiger partial charge is 0.376 e. The number of aromatic nitrogens is 1. The van der Waals surface area contributed by atoms with E-state index in [0.29, 0.717) is 18.8 Å². The van der Waals surface area contributed by atoms with Gasteiger partial charge in [0.05, 0.1) is 6.10 Å². The molecule has 2 aromatic rings. The van der Waals surface area contributed by atoms with Gasteiger partial charge in [0.25, 0.3) is 5.91 Å². The number of benzene rings is 1. The summed E-state index contributed by atoms with van der Waals surface area (Å²) in [5.74, 6) is 0.0454. The van der Waals surface area contributed by atoms with Crippen molar-refractivity contribution < 1.29 is 9.53 Å². The predicted octanol–water partition coefficient (Wildman–Crippen LogP) is 3.40. The molecule has 1 saturated heterocycles. The van der Waals surface area contributed by atoms with Gasteiger partial charge in [-0.3, -0.25) is 4.79 Å². The number of aromatic amines is 1. The van der Waals surface area contributed by atoms with Crippen molar-refractivity contribution in [3.05, 3.63) is 59.4 Å². The maximum atomic E-state index is 12.9. The van der Waals surface area contributed by atoms with Crippen molar-refractivity contribution in [2.75, 3.05) is 13.2 Å². The van der Waals surface area contributed by atoms with E-state index >= 15 is 0 Å². The van der Waals surface area contributed by atoms with Crippen LogP contribution in [0.25, 0.3) is 0 Å². The normalized spacial score (nSPS) is 17.3. The molecule has 1 aliphatic heterocycles. The molecule has 1 N–H and O–H groups in total. The Morgan fingerprint density at radius 2 is 2.09 bits per heavy atom. The minimum Gasteiger partial charge on any atom is -0.376 e. The molecule has 0 bridgehead atoms. The van der Waals surface area contributed by atoms with Gasteiger partial charge in [-0.1, -0.05) is 37.3 Å². The number of nitrogens with zero attached hydrogens (tertiary/aromatic N) is 1. The van der Waals surface area contributed by atoms with E-state index in [-0.39, 0.29) is 12.0 Å². The van der Waals surface area contributed by atoms with Gasteiger partial charge in [0, 0.05) is 25.4 Å². The van der Waals surface area contributed by atoms with Crippen molar-refractivity contribution >= 4 is 5.91 Å². The van der Waals surface area contributed by atoms with Gasteiger partial charge >= 0.3 is 0 Å².